The predicted molar refractivity (Wildman–Crippen MR) is 124 cm³/mol. The lowest BCUT2D eigenvalue weighted by molar-refractivity contribution is -0.0512. The van der Waals surface area contributed by atoms with E-state index in [1.807, 2.05) is 31.2 Å². The first-order chi connectivity index (χ1) is 16.9. The van der Waals surface area contributed by atoms with Crippen molar-refractivity contribution in [2.75, 3.05) is 7.11 Å². The Bertz CT molecular complexity index is 1390. The Morgan fingerprint density at radius 1 is 1.20 bits per heavy atom. The summed E-state index contributed by atoms with van der Waals surface area (Å²) in [5, 5.41) is 8.14. The number of amides is 1. The molecule has 0 atom stereocenters. The summed E-state index contributed by atoms with van der Waals surface area (Å²) >= 11 is 0. The number of ether oxygens (including phenoxy) is 2. The quantitative estimate of drug-likeness (QED) is 0.399. The predicted octanol–water partition coefficient (Wildman–Crippen LogP) is 4.54. The number of nitrogens with one attached hydrogen (secondary N) is 1. The van der Waals surface area contributed by atoms with Crippen LogP contribution < -0.4 is 14.8 Å². The molecule has 1 aliphatic rings. The van der Waals surface area contributed by atoms with Crippen LogP contribution in [0.15, 0.2) is 48.7 Å². The van der Waals surface area contributed by atoms with Crippen LogP contribution in [0.1, 0.15) is 46.1 Å². The van der Waals surface area contributed by atoms with E-state index in [9.17, 15) is 13.6 Å². The van der Waals surface area contributed by atoms with Crippen LogP contribution in [0.3, 0.4) is 0 Å². The Morgan fingerprint density at radius 2 is 2.03 bits per heavy atom. The number of benzene rings is 1. The van der Waals surface area contributed by atoms with E-state index in [2.05, 4.69) is 20.1 Å². The number of fused-ring (bicyclic) bond motifs is 1. The lowest BCUT2D eigenvalue weighted by Crippen LogP contribution is -2.23. The second kappa shape index (κ2) is 9.28. The van der Waals surface area contributed by atoms with E-state index in [1.165, 1.54) is 19.2 Å². The molecular formula is C25H23F2N5O3. The van der Waals surface area contributed by atoms with Crippen LogP contribution in [0.5, 0.6) is 11.5 Å². The third kappa shape index (κ3) is 4.64. The zero-order valence-corrected chi connectivity index (χ0v) is 19.2. The standard InChI is InChI=1S/C25H23F2N5O3/c1-14-22-17(24(33)29-13-15-6-9-19(34-2)20(11-15)35-25(26)27)12-18(16-7-8-16)30-23(22)32(31-14)21-5-3-4-10-28-21/h3-6,9-12,16,25H,7-8,13H2,1-2H3,(H,29,33). The van der Waals surface area contributed by atoms with Crippen molar-refractivity contribution in [3.05, 3.63) is 71.2 Å². The molecule has 4 aromatic rings. The van der Waals surface area contributed by atoms with Crippen molar-refractivity contribution in [2.45, 2.75) is 38.8 Å². The van der Waals surface area contributed by atoms with Gasteiger partial charge in [-0.3, -0.25) is 4.79 Å². The molecule has 0 bridgehead atoms. The van der Waals surface area contributed by atoms with Crippen molar-refractivity contribution in [2.24, 2.45) is 0 Å². The lowest BCUT2D eigenvalue weighted by atomic mass is 10.1. The fourth-order valence-electron chi connectivity index (χ4n) is 4.01. The molecule has 1 amide bonds. The van der Waals surface area contributed by atoms with Crippen molar-refractivity contribution in [3.8, 4) is 17.3 Å². The van der Waals surface area contributed by atoms with Gasteiger partial charge in [-0.2, -0.15) is 18.6 Å². The van der Waals surface area contributed by atoms with Gasteiger partial charge in [0, 0.05) is 24.4 Å². The first-order valence-corrected chi connectivity index (χ1v) is 11.2. The largest absolute Gasteiger partial charge is 0.493 e. The summed E-state index contributed by atoms with van der Waals surface area (Å²) in [4.78, 5) is 22.6. The topological polar surface area (TPSA) is 91.2 Å². The normalized spacial score (nSPS) is 13.3. The van der Waals surface area contributed by atoms with Crippen LogP contribution in [-0.4, -0.2) is 39.4 Å². The zero-order chi connectivity index (χ0) is 24.5. The van der Waals surface area contributed by atoms with E-state index in [0.717, 1.165) is 18.5 Å². The van der Waals surface area contributed by atoms with Crippen molar-refractivity contribution >= 4 is 16.9 Å². The van der Waals surface area contributed by atoms with Gasteiger partial charge >= 0.3 is 6.61 Å². The average Bonchev–Trinajstić information content (AvgIpc) is 3.66. The number of nitrogens with zero attached hydrogens (tertiary/aromatic N) is 4. The van der Waals surface area contributed by atoms with Crippen molar-refractivity contribution in [1.29, 1.82) is 0 Å². The van der Waals surface area contributed by atoms with Crippen LogP contribution in [0, 0.1) is 6.92 Å². The van der Waals surface area contributed by atoms with Gasteiger partial charge in [0.2, 0.25) is 0 Å². The molecule has 5 rings (SSSR count). The second-order valence-corrected chi connectivity index (χ2v) is 8.30. The fourth-order valence-corrected chi connectivity index (χ4v) is 4.01. The molecule has 3 heterocycles. The number of halogens is 2. The van der Waals surface area contributed by atoms with E-state index in [-0.39, 0.29) is 24.0 Å². The SMILES string of the molecule is COc1ccc(CNC(=O)c2cc(C3CC3)nc3c2c(C)nn3-c2ccccn2)cc1OC(F)F. The van der Waals surface area contributed by atoms with E-state index in [0.29, 0.717) is 39.6 Å². The third-order valence-corrected chi connectivity index (χ3v) is 5.84. The molecule has 1 saturated carbocycles. The van der Waals surface area contributed by atoms with Crippen molar-refractivity contribution in [1.82, 2.24) is 25.1 Å². The molecule has 1 aliphatic carbocycles. The molecule has 180 valence electrons. The van der Waals surface area contributed by atoms with E-state index in [1.54, 1.807) is 16.9 Å². The van der Waals surface area contributed by atoms with Gasteiger partial charge in [-0.1, -0.05) is 12.1 Å². The van der Waals surface area contributed by atoms with Crippen molar-refractivity contribution in [3.63, 3.8) is 0 Å². The Balaban J connectivity index is 1.48. The average molecular weight is 479 g/mol. The Labute approximate surface area is 199 Å². The van der Waals surface area contributed by atoms with Gasteiger partial charge in [-0.25, -0.2) is 9.97 Å². The summed E-state index contributed by atoms with van der Waals surface area (Å²) in [5.74, 6) is 0.707. The maximum Gasteiger partial charge on any atom is 0.387 e. The smallest absolute Gasteiger partial charge is 0.387 e. The highest BCUT2D eigenvalue weighted by atomic mass is 19.3. The van der Waals surface area contributed by atoms with E-state index >= 15 is 0 Å². The number of hydrogen-bond donors (Lipinski definition) is 1. The Kier molecular flexibility index (Phi) is 6.02. The monoisotopic (exact) mass is 479 g/mol. The van der Waals surface area contributed by atoms with Crippen molar-refractivity contribution < 1.29 is 23.0 Å². The van der Waals surface area contributed by atoms with Crippen LogP contribution in [0.25, 0.3) is 16.9 Å². The minimum absolute atomic E-state index is 0.0935. The lowest BCUT2D eigenvalue weighted by Gasteiger charge is -2.13. The highest BCUT2D eigenvalue weighted by Crippen LogP contribution is 2.40. The highest BCUT2D eigenvalue weighted by molar-refractivity contribution is 6.06. The van der Waals surface area contributed by atoms with Gasteiger partial charge < -0.3 is 14.8 Å². The number of rotatable bonds is 8. The molecule has 0 radical (unpaired) electrons. The maximum absolute atomic E-state index is 13.3. The van der Waals surface area contributed by atoms with Crippen LogP contribution in [0.2, 0.25) is 0 Å². The molecule has 3 aromatic heterocycles. The summed E-state index contributed by atoms with van der Waals surface area (Å²) in [5.41, 5.74) is 3.13. The number of methoxy groups -OCH3 is 1. The molecule has 1 fully saturated rings. The van der Waals surface area contributed by atoms with Crippen LogP contribution in [0.4, 0.5) is 8.78 Å². The number of aromatic nitrogens is 4. The Morgan fingerprint density at radius 3 is 2.71 bits per heavy atom. The molecule has 0 saturated heterocycles. The molecule has 10 heteroatoms. The number of aryl methyl sites for hydroxylation is 1. The summed E-state index contributed by atoms with van der Waals surface area (Å²) in [7, 11) is 1.37. The minimum Gasteiger partial charge on any atom is -0.493 e. The number of pyridine rings is 2. The second-order valence-electron chi connectivity index (χ2n) is 8.30. The first kappa shape index (κ1) is 22.7. The summed E-state index contributed by atoms with van der Waals surface area (Å²) in [6.07, 6.45) is 3.72. The fraction of sp³-hybridized carbons (Fsp3) is 0.280. The highest BCUT2D eigenvalue weighted by Gasteiger charge is 2.29. The Hall–Kier alpha value is -4.08. The van der Waals surface area contributed by atoms with E-state index < -0.39 is 6.61 Å². The molecular weight excluding hydrogens is 456 g/mol. The number of hydrogen-bond acceptors (Lipinski definition) is 6. The molecule has 35 heavy (non-hydrogen) atoms. The minimum atomic E-state index is -2.99. The molecule has 8 nitrogen and oxygen atoms in total. The van der Waals surface area contributed by atoms with Crippen LogP contribution >= 0.6 is 0 Å². The van der Waals surface area contributed by atoms with E-state index in [4.69, 9.17) is 9.72 Å². The maximum atomic E-state index is 13.3. The molecule has 0 spiro atoms. The number of carbonyl (C=O) groups excluding carboxylic acids is 1. The first-order valence-electron chi connectivity index (χ1n) is 11.2. The molecule has 0 aliphatic heterocycles. The zero-order valence-electron chi connectivity index (χ0n) is 19.2. The summed E-state index contributed by atoms with van der Waals surface area (Å²) < 4.78 is 36.8. The molecule has 1 N–H and O–H groups in total. The summed E-state index contributed by atoms with van der Waals surface area (Å²) in [6, 6.07) is 12.0. The molecule has 1 aromatic carbocycles. The van der Waals surface area contributed by atoms with Gasteiger partial charge in [-0.15, -0.1) is 0 Å². The van der Waals surface area contributed by atoms with Gasteiger partial charge in [0.1, 0.15) is 0 Å². The molecule has 0 unspecified atom stereocenters. The van der Waals surface area contributed by atoms with Gasteiger partial charge in [-0.05, 0) is 55.7 Å². The third-order valence-electron chi connectivity index (χ3n) is 5.84. The number of carbonyl (C=O) groups is 1. The number of alkyl halides is 2. The van der Waals surface area contributed by atoms with Crippen LogP contribution in [-0.2, 0) is 6.54 Å². The van der Waals surface area contributed by atoms with Gasteiger partial charge in [0.05, 0.1) is 23.8 Å². The van der Waals surface area contributed by atoms with Gasteiger partial charge in [0.25, 0.3) is 5.91 Å². The summed E-state index contributed by atoms with van der Waals surface area (Å²) in [6.45, 7) is -1.05. The van der Waals surface area contributed by atoms with Gasteiger partial charge in [0.15, 0.2) is 23.0 Å².